The first-order valence-corrected chi connectivity index (χ1v) is 17.1. The molecular weight excluding hydrogens is 602 g/mol. The summed E-state index contributed by atoms with van der Waals surface area (Å²) < 4.78 is 5.58. The Bertz CT molecular complexity index is 1230. The molecule has 1 saturated heterocycles. The van der Waals surface area contributed by atoms with E-state index < -0.39 is 64.8 Å². The Kier molecular flexibility index (Phi) is 11.9. The summed E-state index contributed by atoms with van der Waals surface area (Å²) >= 11 is 0. The van der Waals surface area contributed by atoms with E-state index in [2.05, 4.69) is 41.7 Å². The number of piperidine rings is 1. The lowest BCUT2D eigenvalue weighted by Crippen LogP contribution is -2.61. The van der Waals surface area contributed by atoms with Gasteiger partial charge >= 0.3 is 12.0 Å². The highest BCUT2D eigenvalue weighted by Crippen LogP contribution is 2.65. The first-order valence-electron chi connectivity index (χ1n) is 17.1. The maximum atomic E-state index is 14.4. The van der Waals surface area contributed by atoms with Crippen molar-refractivity contribution < 1.29 is 33.5 Å². The van der Waals surface area contributed by atoms with Crippen LogP contribution in [0.15, 0.2) is 12.7 Å². The second-order valence-corrected chi connectivity index (χ2v) is 16.1. The average molecular weight is 660 g/mol. The maximum absolute atomic E-state index is 14.4. The highest BCUT2D eigenvalue weighted by atomic mass is 16.6. The number of carbonyl (C=O) groups is 6. The third-order valence-corrected chi connectivity index (χ3v) is 9.81. The highest BCUT2D eigenvalue weighted by molar-refractivity contribution is 6.38. The Morgan fingerprint density at radius 2 is 1.60 bits per heavy atom. The van der Waals surface area contributed by atoms with Gasteiger partial charge in [-0.15, -0.1) is 6.58 Å². The molecule has 3 aliphatic rings. The van der Waals surface area contributed by atoms with Crippen LogP contribution in [-0.4, -0.2) is 83.3 Å². The van der Waals surface area contributed by atoms with Crippen LogP contribution in [0.5, 0.6) is 0 Å². The first-order chi connectivity index (χ1) is 21.7. The molecule has 0 aromatic heterocycles. The number of rotatable bonds is 13. The van der Waals surface area contributed by atoms with Crippen LogP contribution in [0.4, 0.5) is 4.79 Å². The lowest BCUT2D eigenvalue weighted by atomic mass is 9.86. The van der Waals surface area contributed by atoms with Crippen LogP contribution >= 0.6 is 0 Å². The molecule has 3 fully saturated rings. The number of esters is 1. The number of hydrogen-bond donors (Lipinski definition) is 4. The maximum Gasteiger partial charge on any atom is 0.329 e. The number of urea groups is 1. The summed E-state index contributed by atoms with van der Waals surface area (Å²) in [5.74, 6) is -3.15. The Morgan fingerprint density at radius 1 is 0.979 bits per heavy atom. The van der Waals surface area contributed by atoms with E-state index in [1.54, 1.807) is 25.7 Å². The molecule has 4 N–H and O–H groups in total. The normalized spacial score (nSPS) is 23.9. The quantitative estimate of drug-likeness (QED) is 0.134. The number of ether oxygens (including phenoxy) is 1. The van der Waals surface area contributed by atoms with Crippen LogP contribution in [0.1, 0.15) is 101 Å². The third kappa shape index (κ3) is 9.13. The first kappa shape index (κ1) is 38.0. The second-order valence-electron chi connectivity index (χ2n) is 16.1. The largest absolute Gasteiger partial charge is 0.458 e. The highest BCUT2D eigenvalue weighted by Gasteiger charge is 2.69. The van der Waals surface area contributed by atoms with E-state index in [9.17, 15) is 28.8 Å². The summed E-state index contributed by atoms with van der Waals surface area (Å²) in [4.78, 5) is 82.0. The number of hydrogen-bond acceptors (Lipinski definition) is 7. The number of carbonyl (C=O) groups excluding carboxylic acids is 6. The summed E-state index contributed by atoms with van der Waals surface area (Å²) in [5.41, 5.74) is -1.62. The van der Waals surface area contributed by atoms with Gasteiger partial charge in [-0.2, -0.15) is 0 Å². The molecule has 1 unspecified atom stereocenters. The van der Waals surface area contributed by atoms with Gasteiger partial charge in [-0.25, -0.2) is 9.59 Å². The zero-order valence-electron chi connectivity index (χ0n) is 29.8. The molecule has 3 rings (SSSR count). The minimum atomic E-state index is -1.04. The van der Waals surface area contributed by atoms with Gasteiger partial charge < -0.3 is 30.9 Å². The average Bonchev–Trinajstić information content (AvgIpc) is 3.41. The van der Waals surface area contributed by atoms with Crippen LogP contribution in [0.2, 0.25) is 0 Å². The van der Waals surface area contributed by atoms with Crippen molar-refractivity contribution in [3.63, 3.8) is 0 Å². The molecule has 5 amide bonds. The molecule has 6 atom stereocenters. The molecule has 12 nitrogen and oxygen atoms in total. The number of likely N-dealkylation sites (tertiary alicyclic amines) is 1. The summed E-state index contributed by atoms with van der Waals surface area (Å²) in [6, 6.07) is -4.44. The number of nitrogens with zero attached hydrogens (tertiary/aromatic N) is 1. The smallest absolute Gasteiger partial charge is 0.329 e. The predicted octanol–water partition coefficient (Wildman–Crippen LogP) is 3.24. The van der Waals surface area contributed by atoms with Gasteiger partial charge in [-0.1, -0.05) is 66.9 Å². The summed E-state index contributed by atoms with van der Waals surface area (Å²) in [6.45, 7) is 20.7. The molecule has 0 aromatic rings. The topological polar surface area (TPSA) is 163 Å². The summed E-state index contributed by atoms with van der Waals surface area (Å²) in [5, 5.41) is 10.9. The van der Waals surface area contributed by atoms with E-state index in [1.807, 2.05) is 27.7 Å². The summed E-state index contributed by atoms with van der Waals surface area (Å²) in [7, 11) is 0. The molecule has 0 radical (unpaired) electrons. The van der Waals surface area contributed by atoms with Crippen molar-refractivity contribution >= 4 is 35.5 Å². The molecule has 0 bridgehead atoms. The lowest BCUT2D eigenvalue weighted by molar-refractivity contribution is -0.160. The van der Waals surface area contributed by atoms with Crippen LogP contribution in [-0.2, 0) is 28.7 Å². The number of ketones is 1. The zero-order chi connectivity index (χ0) is 35.5. The van der Waals surface area contributed by atoms with Gasteiger partial charge in [0.1, 0.15) is 23.7 Å². The molecule has 47 heavy (non-hydrogen) atoms. The monoisotopic (exact) mass is 659 g/mol. The molecular formula is C35H57N5O7. The minimum absolute atomic E-state index is 0.0777. The number of fused-ring (bicyclic) bond motifs is 1. The molecule has 2 aliphatic carbocycles. The lowest BCUT2D eigenvalue weighted by Gasteiger charge is -2.36. The fraction of sp³-hybridized carbons (Fsp3) is 0.771. The van der Waals surface area contributed by atoms with Gasteiger partial charge in [0.15, 0.2) is 0 Å². The zero-order valence-corrected chi connectivity index (χ0v) is 29.8. The van der Waals surface area contributed by atoms with Crippen molar-refractivity contribution in [3.05, 3.63) is 12.7 Å². The molecule has 12 heteroatoms. The van der Waals surface area contributed by atoms with Gasteiger partial charge in [0.2, 0.25) is 17.6 Å². The number of amides is 5. The second kappa shape index (κ2) is 14.8. The predicted molar refractivity (Wildman–Crippen MR) is 178 cm³/mol. The number of nitrogens with one attached hydrogen (secondary N) is 4. The van der Waals surface area contributed by atoms with E-state index in [0.29, 0.717) is 13.0 Å². The van der Waals surface area contributed by atoms with E-state index in [0.717, 1.165) is 25.7 Å². The van der Waals surface area contributed by atoms with E-state index >= 15 is 0 Å². The molecule has 264 valence electrons. The van der Waals surface area contributed by atoms with Crippen LogP contribution in [0, 0.1) is 28.6 Å². The van der Waals surface area contributed by atoms with Gasteiger partial charge in [0, 0.05) is 13.1 Å². The van der Waals surface area contributed by atoms with E-state index in [4.69, 9.17) is 4.74 Å². The number of Topliss-reactive ketones (excluding diaryl/α,β-unsaturated/α-hetero) is 1. The van der Waals surface area contributed by atoms with Crippen molar-refractivity contribution in [1.29, 1.82) is 0 Å². The van der Waals surface area contributed by atoms with Gasteiger partial charge in [-0.3, -0.25) is 19.2 Å². The molecule has 1 heterocycles. The van der Waals surface area contributed by atoms with Crippen LogP contribution < -0.4 is 21.3 Å². The van der Waals surface area contributed by atoms with Crippen molar-refractivity contribution in [2.24, 2.45) is 28.6 Å². The van der Waals surface area contributed by atoms with Gasteiger partial charge in [0.05, 0.1) is 6.04 Å². The Morgan fingerprint density at radius 3 is 2.13 bits per heavy atom. The molecule has 2 saturated carbocycles. The molecule has 0 aromatic carbocycles. The molecule has 0 spiro atoms. The Balaban J connectivity index is 1.85. The Hall–Kier alpha value is -3.44. The van der Waals surface area contributed by atoms with Crippen molar-refractivity contribution in [2.45, 2.75) is 131 Å². The van der Waals surface area contributed by atoms with Gasteiger partial charge in [0.25, 0.3) is 5.91 Å². The van der Waals surface area contributed by atoms with Crippen molar-refractivity contribution in [1.82, 2.24) is 26.2 Å². The SMILES string of the molecule is C=CCNC(=O)C(=O)C(CCC)NC(=O)[C@@H]1[C@@H]2[C@H](CN1C(=O)[C@@H](NC(=O)N[C@H](C(=O)OC(C)(C)C)C(C)(C)C)C1CCCC1)C2(C)C. The van der Waals surface area contributed by atoms with Gasteiger partial charge in [-0.05, 0) is 68.6 Å². The fourth-order valence-electron chi connectivity index (χ4n) is 7.19. The summed E-state index contributed by atoms with van der Waals surface area (Å²) in [6.07, 6.45) is 5.59. The minimum Gasteiger partial charge on any atom is -0.458 e. The van der Waals surface area contributed by atoms with Crippen LogP contribution in [0.25, 0.3) is 0 Å². The molecule has 1 aliphatic heterocycles. The van der Waals surface area contributed by atoms with E-state index in [1.165, 1.54) is 6.08 Å². The van der Waals surface area contributed by atoms with Crippen LogP contribution in [0.3, 0.4) is 0 Å². The van der Waals surface area contributed by atoms with Crippen molar-refractivity contribution in [3.8, 4) is 0 Å². The van der Waals surface area contributed by atoms with Crippen molar-refractivity contribution in [2.75, 3.05) is 13.1 Å². The standard InChI is InChI=1S/C35H57N5O7/c1-11-15-22(26(41)29(43)36-18-12-2)37-28(42)25-23-21(35(23,9)10)19-40(25)30(44)24(20-16-13-14-17-20)38-32(46)39-27(33(3,4)5)31(45)47-34(6,7)8/h12,20-25,27H,2,11,13-19H2,1,3-10H3,(H,36,43)(H,37,42)(H2,38,39,46)/t21-,22?,23-,24-,25-,27+/m0/s1. The third-order valence-electron chi connectivity index (χ3n) is 9.81. The fourth-order valence-corrected chi connectivity index (χ4v) is 7.19. The Labute approximate surface area is 279 Å². The van der Waals surface area contributed by atoms with E-state index in [-0.39, 0.29) is 42.0 Å².